The molecule has 7 heteroatoms. The molecule has 29 heavy (non-hydrogen) atoms. The lowest BCUT2D eigenvalue weighted by molar-refractivity contribution is -0.130. The lowest BCUT2D eigenvalue weighted by Crippen LogP contribution is -2.50. The number of para-hydroxylation sites is 1. The summed E-state index contributed by atoms with van der Waals surface area (Å²) >= 11 is 1.30. The van der Waals surface area contributed by atoms with Gasteiger partial charge in [0.2, 0.25) is 5.91 Å². The second-order valence-corrected chi connectivity index (χ2v) is 8.20. The summed E-state index contributed by atoms with van der Waals surface area (Å²) in [5.74, 6) is 0.349. The largest absolute Gasteiger partial charge is 0.431 e. The van der Waals surface area contributed by atoms with Gasteiger partial charge < -0.3 is 14.2 Å². The highest BCUT2D eigenvalue weighted by Crippen LogP contribution is 2.29. The van der Waals surface area contributed by atoms with Crippen molar-refractivity contribution in [1.29, 1.82) is 0 Å². The minimum Gasteiger partial charge on any atom is -0.431 e. The van der Waals surface area contributed by atoms with E-state index < -0.39 is 0 Å². The Morgan fingerprint density at radius 2 is 1.76 bits per heavy atom. The van der Waals surface area contributed by atoms with Crippen molar-refractivity contribution in [1.82, 2.24) is 9.88 Å². The van der Waals surface area contributed by atoms with Crippen LogP contribution in [-0.4, -0.2) is 47.2 Å². The van der Waals surface area contributed by atoms with Crippen LogP contribution in [0.15, 0.2) is 70.4 Å². The number of thioether (sulfide) groups is 1. The van der Waals surface area contributed by atoms with E-state index in [9.17, 15) is 9.18 Å². The number of amides is 1. The third kappa shape index (κ3) is 4.62. The molecular weight excluding hydrogens is 389 g/mol. The Kier molecular flexibility index (Phi) is 5.85. The van der Waals surface area contributed by atoms with Crippen LogP contribution >= 0.6 is 11.8 Å². The van der Waals surface area contributed by atoms with E-state index in [1.807, 2.05) is 30.0 Å². The quantitative estimate of drug-likeness (QED) is 0.586. The molecular formula is C22H22FN3O2S. The van der Waals surface area contributed by atoms with Crippen LogP contribution in [0, 0.1) is 5.82 Å². The lowest BCUT2D eigenvalue weighted by Gasteiger charge is -2.37. The molecule has 3 aromatic rings. The number of hydrogen-bond donors (Lipinski definition) is 0. The van der Waals surface area contributed by atoms with E-state index in [0.717, 1.165) is 18.7 Å². The van der Waals surface area contributed by atoms with E-state index in [1.54, 1.807) is 18.3 Å². The van der Waals surface area contributed by atoms with Crippen LogP contribution in [0.1, 0.15) is 6.92 Å². The van der Waals surface area contributed by atoms with Crippen LogP contribution in [0.25, 0.3) is 11.3 Å². The number of aromatic nitrogens is 1. The van der Waals surface area contributed by atoms with Gasteiger partial charge in [-0.15, -0.1) is 0 Å². The molecule has 1 amide bonds. The first-order valence-electron chi connectivity index (χ1n) is 9.57. The average Bonchev–Trinajstić information content (AvgIpc) is 3.23. The molecule has 5 nitrogen and oxygen atoms in total. The maximum absolute atomic E-state index is 13.1. The predicted molar refractivity (Wildman–Crippen MR) is 112 cm³/mol. The smallest absolute Gasteiger partial charge is 0.256 e. The molecule has 1 aliphatic rings. The van der Waals surface area contributed by atoms with Crippen LogP contribution in [0.2, 0.25) is 0 Å². The number of benzene rings is 2. The Morgan fingerprint density at radius 1 is 1.07 bits per heavy atom. The maximum atomic E-state index is 13.1. The highest BCUT2D eigenvalue weighted by Gasteiger charge is 2.26. The molecule has 1 aliphatic heterocycles. The van der Waals surface area contributed by atoms with Crippen LogP contribution in [0.4, 0.5) is 10.1 Å². The first-order valence-corrected chi connectivity index (χ1v) is 10.5. The van der Waals surface area contributed by atoms with E-state index >= 15 is 0 Å². The van der Waals surface area contributed by atoms with Gasteiger partial charge in [0.15, 0.2) is 5.76 Å². The number of carbonyl (C=O) groups excluding carboxylic acids is 1. The van der Waals surface area contributed by atoms with Gasteiger partial charge in [-0.2, -0.15) is 0 Å². The summed E-state index contributed by atoms with van der Waals surface area (Å²) in [7, 11) is 0. The van der Waals surface area contributed by atoms with E-state index in [2.05, 4.69) is 22.0 Å². The summed E-state index contributed by atoms with van der Waals surface area (Å²) in [5, 5.41) is 0.145. The minimum absolute atomic E-state index is 0.0873. The zero-order valence-corrected chi connectivity index (χ0v) is 16.9. The monoisotopic (exact) mass is 411 g/mol. The summed E-state index contributed by atoms with van der Waals surface area (Å²) < 4.78 is 18.8. The number of hydrogen-bond acceptors (Lipinski definition) is 5. The Balaban J connectivity index is 1.33. The molecule has 1 atom stereocenters. The third-order valence-electron chi connectivity index (χ3n) is 4.95. The summed E-state index contributed by atoms with van der Waals surface area (Å²) in [5.41, 5.74) is 1.94. The van der Waals surface area contributed by atoms with Crippen molar-refractivity contribution in [2.24, 2.45) is 0 Å². The van der Waals surface area contributed by atoms with Gasteiger partial charge >= 0.3 is 0 Å². The topological polar surface area (TPSA) is 49.6 Å². The van der Waals surface area contributed by atoms with E-state index in [4.69, 9.17) is 4.42 Å². The normalized spacial score (nSPS) is 15.4. The molecule has 0 saturated carbocycles. The standard InChI is InChI=1S/C22H22FN3O2S/c1-16(29-22-24-15-20(28-22)17-7-9-18(23)10-8-17)21(27)26-13-11-25(12-14-26)19-5-3-2-4-6-19/h2-10,15-16H,11-14H2,1H3. The highest BCUT2D eigenvalue weighted by molar-refractivity contribution is 8.00. The summed E-state index contributed by atoms with van der Waals surface area (Å²) in [6.45, 7) is 4.91. The van der Waals surface area contributed by atoms with E-state index in [1.165, 1.54) is 29.6 Å². The molecule has 4 rings (SSSR count). The molecule has 0 bridgehead atoms. The maximum Gasteiger partial charge on any atom is 0.256 e. The van der Waals surface area contributed by atoms with Crippen molar-refractivity contribution in [2.45, 2.75) is 17.4 Å². The summed E-state index contributed by atoms with van der Waals surface area (Å²) in [6.07, 6.45) is 1.60. The predicted octanol–water partition coefficient (Wildman–Crippen LogP) is 4.31. The van der Waals surface area contributed by atoms with E-state index in [0.29, 0.717) is 24.1 Å². The first kappa shape index (κ1) is 19.5. The Hall–Kier alpha value is -2.80. The van der Waals surface area contributed by atoms with Crippen molar-refractivity contribution in [3.05, 3.63) is 66.6 Å². The second-order valence-electron chi connectivity index (χ2n) is 6.91. The number of halogens is 1. The molecule has 150 valence electrons. The first-order chi connectivity index (χ1) is 14.1. The Labute approximate surface area is 173 Å². The molecule has 2 aromatic carbocycles. The fourth-order valence-electron chi connectivity index (χ4n) is 3.34. The summed E-state index contributed by atoms with van der Waals surface area (Å²) in [4.78, 5) is 21.3. The van der Waals surface area contributed by atoms with Crippen molar-refractivity contribution in [2.75, 3.05) is 31.1 Å². The molecule has 0 aliphatic carbocycles. The molecule has 2 heterocycles. The van der Waals surface area contributed by atoms with E-state index in [-0.39, 0.29) is 17.0 Å². The van der Waals surface area contributed by atoms with Gasteiger partial charge in [0.25, 0.3) is 5.22 Å². The molecule has 1 aromatic heterocycles. The molecule has 0 spiro atoms. The molecule has 0 radical (unpaired) electrons. The zero-order valence-electron chi connectivity index (χ0n) is 16.1. The van der Waals surface area contributed by atoms with Crippen molar-refractivity contribution < 1.29 is 13.6 Å². The molecule has 1 fully saturated rings. The SMILES string of the molecule is CC(Sc1ncc(-c2ccc(F)cc2)o1)C(=O)N1CCN(c2ccccc2)CC1. The number of rotatable bonds is 5. The van der Waals surface area contributed by atoms with Crippen molar-refractivity contribution in [3.8, 4) is 11.3 Å². The van der Waals surface area contributed by atoms with Crippen LogP contribution in [-0.2, 0) is 4.79 Å². The van der Waals surface area contributed by atoms with Crippen LogP contribution in [0.5, 0.6) is 0 Å². The van der Waals surface area contributed by atoms with Crippen molar-refractivity contribution >= 4 is 23.4 Å². The second kappa shape index (κ2) is 8.69. The number of carbonyl (C=O) groups is 1. The van der Waals surface area contributed by atoms with Crippen LogP contribution < -0.4 is 4.90 Å². The third-order valence-corrected chi connectivity index (χ3v) is 5.90. The fourth-order valence-corrected chi connectivity index (χ4v) is 4.15. The van der Waals surface area contributed by atoms with Gasteiger partial charge in [-0.3, -0.25) is 4.79 Å². The lowest BCUT2D eigenvalue weighted by atomic mass is 10.2. The zero-order chi connectivity index (χ0) is 20.2. The molecule has 1 saturated heterocycles. The van der Waals surface area contributed by atoms with Gasteiger partial charge in [-0.05, 0) is 43.3 Å². The number of oxazole rings is 1. The van der Waals surface area contributed by atoms with Gasteiger partial charge in [-0.1, -0.05) is 30.0 Å². The molecule has 1 unspecified atom stereocenters. The van der Waals surface area contributed by atoms with Crippen molar-refractivity contribution in [3.63, 3.8) is 0 Å². The Bertz CT molecular complexity index is 954. The highest BCUT2D eigenvalue weighted by atomic mass is 32.2. The fraction of sp³-hybridized carbons (Fsp3) is 0.273. The summed E-state index contributed by atoms with van der Waals surface area (Å²) in [6, 6.07) is 16.3. The van der Waals surface area contributed by atoms with Gasteiger partial charge in [-0.25, -0.2) is 9.37 Å². The number of piperazine rings is 1. The molecule has 0 N–H and O–H groups in total. The number of nitrogens with zero attached hydrogens (tertiary/aromatic N) is 3. The van der Waals surface area contributed by atoms with Gasteiger partial charge in [0.1, 0.15) is 5.82 Å². The minimum atomic E-state index is -0.297. The average molecular weight is 412 g/mol. The Morgan fingerprint density at radius 3 is 2.45 bits per heavy atom. The van der Waals surface area contributed by atoms with Gasteiger partial charge in [0, 0.05) is 37.4 Å². The van der Waals surface area contributed by atoms with Gasteiger partial charge in [0.05, 0.1) is 11.4 Å². The number of anilines is 1. The van der Waals surface area contributed by atoms with Crippen LogP contribution in [0.3, 0.4) is 0 Å².